The molecule has 0 aliphatic carbocycles. The van der Waals surface area contributed by atoms with E-state index in [1.165, 1.54) is 108 Å². The maximum Gasteiger partial charge on any atom is 0.470 e. The lowest BCUT2D eigenvalue weighted by atomic mass is 10.1. The second-order valence-corrected chi connectivity index (χ2v) is 12.3. The first-order chi connectivity index (χ1) is 17.9. The zero-order valence-corrected chi connectivity index (χ0v) is 26.2. The summed E-state index contributed by atoms with van der Waals surface area (Å²) in [6.07, 6.45) is 21.7. The Morgan fingerprint density at radius 2 is 1.35 bits per heavy atom. The van der Waals surface area contributed by atoms with E-state index in [0.717, 1.165) is 0 Å². The summed E-state index contributed by atoms with van der Waals surface area (Å²) in [5, 5.41) is 10.5. The molecule has 0 aromatic carbocycles. The molecule has 0 amide bonds. The summed E-state index contributed by atoms with van der Waals surface area (Å²) < 4.78 is 27.3. The van der Waals surface area contributed by atoms with E-state index in [4.69, 9.17) is 14.2 Å². The molecule has 4 atom stereocenters. The third-order valence-electron chi connectivity index (χ3n) is 6.62. The molecule has 0 saturated carbocycles. The lowest BCUT2D eigenvalue weighted by Crippen LogP contribution is -2.38. The molecule has 220 valence electrons. The van der Waals surface area contributed by atoms with Gasteiger partial charge in [-0.05, 0) is 38.9 Å². The molecule has 0 rings (SSSR count). The molecule has 0 heterocycles. The molecule has 8 heteroatoms. The molecule has 0 radical (unpaired) electrons. The zero-order chi connectivity index (χ0) is 27.6. The van der Waals surface area contributed by atoms with Crippen molar-refractivity contribution in [1.29, 1.82) is 0 Å². The maximum absolute atomic E-state index is 11.8. The summed E-state index contributed by atoms with van der Waals surface area (Å²) in [7, 11) is -1.34. The van der Waals surface area contributed by atoms with Crippen molar-refractivity contribution in [2.75, 3.05) is 25.6 Å². The molecule has 4 unspecified atom stereocenters. The molecule has 0 spiro atoms. The van der Waals surface area contributed by atoms with Crippen LogP contribution in [-0.2, 0) is 23.6 Å². The molecule has 6 nitrogen and oxygen atoms in total. The fraction of sp³-hybridized carbons (Fsp3) is 0.966. The Balaban J connectivity index is 4.36. The van der Waals surface area contributed by atoms with Crippen molar-refractivity contribution in [3.63, 3.8) is 0 Å². The number of hydrogen-bond acceptors (Lipinski definition) is 7. The van der Waals surface area contributed by atoms with E-state index in [2.05, 4.69) is 32.5 Å². The normalized spacial score (nSPS) is 14.9. The number of ether oxygens (including phenoxy) is 3. The highest BCUT2D eigenvalue weighted by molar-refractivity contribution is 7.99. The molecular formula is C29H58O6PS+. The van der Waals surface area contributed by atoms with Gasteiger partial charge in [0.2, 0.25) is 0 Å². The van der Waals surface area contributed by atoms with Crippen LogP contribution in [0.5, 0.6) is 0 Å². The Kier molecular flexibility index (Phi) is 25.9. The van der Waals surface area contributed by atoms with Gasteiger partial charge in [0.15, 0.2) is 0 Å². The van der Waals surface area contributed by atoms with Gasteiger partial charge in [-0.1, -0.05) is 108 Å². The molecule has 0 bridgehead atoms. The van der Waals surface area contributed by atoms with Crippen LogP contribution in [0.25, 0.3) is 0 Å². The molecule has 37 heavy (non-hydrogen) atoms. The van der Waals surface area contributed by atoms with Crippen LogP contribution in [0.15, 0.2) is 0 Å². The highest BCUT2D eigenvalue weighted by atomic mass is 32.2. The van der Waals surface area contributed by atoms with Crippen LogP contribution in [0.3, 0.4) is 0 Å². The van der Waals surface area contributed by atoms with Gasteiger partial charge in [-0.2, -0.15) is 11.8 Å². The number of hydrogen-bond donors (Lipinski definition) is 1. The van der Waals surface area contributed by atoms with E-state index in [1.54, 1.807) is 6.92 Å². The Morgan fingerprint density at radius 1 is 0.811 bits per heavy atom. The standard InChI is InChI=1S/C29H57O6PS/c1-5-8-10-12-14-16-18-20-25-37-27(22-19-17-15-13-11-9-6-2)26(4)34-23-21-24-35-29(31,36-32)28(30)33-7-3/h26-27,31H,5-25H2,1-4H3/p+1. The van der Waals surface area contributed by atoms with Crippen LogP contribution in [0.1, 0.15) is 137 Å². The van der Waals surface area contributed by atoms with Crippen molar-refractivity contribution in [2.24, 2.45) is 0 Å². The smallest absolute Gasteiger partial charge is 0.458 e. The largest absolute Gasteiger partial charge is 0.470 e. The Bertz CT molecular complexity index is 539. The van der Waals surface area contributed by atoms with Crippen molar-refractivity contribution >= 4 is 26.2 Å². The van der Waals surface area contributed by atoms with Gasteiger partial charge in [0.1, 0.15) is 0 Å². The molecule has 0 aromatic rings. The second-order valence-electron chi connectivity index (χ2n) is 10.0. The van der Waals surface area contributed by atoms with E-state index in [9.17, 15) is 14.5 Å². The number of unbranched alkanes of at least 4 members (excludes halogenated alkanes) is 13. The van der Waals surface area contributed by atoms with Crippen LogP contribution < -0.4 is 0 Å². The zero-order valence-electron chi connectivity index (χ0n) is 24.4. The Hall–Kier alpha value is -0.200. The summed E-state index contributed by atoms with van der Waals surface area (Å²) in [4.78, 5) is 11.8. The number of esters is 1. The van der Waals surface area contributed by atoms with Crippen molar-refractivity contribution in [3.8, 4) is 0 Å². The molecule has 0 aromatic heterocycles. The lowest BCUT2D eigenvalue weighted by Gasteiger charge is -2.24. The first kappa shape index (κ1) is 36.8. The SMILES string of the molecule is CCCCCCCCCCSC(CCCCCCCCC)C(C)OCCCOC(O)([PH+]=O)C(=O)OCC. The summed E-state index contributed by atoms with van der Waals surface area (Å²) in [5.74, 6) is 0.175. The molecule has 0 aliphatic rings. The van der Waals surface area contributed by atoms with Gasteiger partial charge < -0.3 is 19.3 Å². The quantitative estimate of drug-likeness (QED) is 0.0441. The van der Waals surface area contributed by atoms with E-state index in [-0.39, 0.29) is 19.3 Å². The first-order valence-corrected chi connectivity index (χ1v) is 17.1. The lowest BCUT2D eigenvalue weighted by molar-refractivity contribution is -0.196. The van der Waals surface area contributed by atoms with Gasteiger partial charge >= 0.3 is 20.0 Å². The number of carbonyl (C=O) groups is 1. The highest BCUT2D eigenvalue weighted by Gasteiger charge is 2.49. The van der Waals surface area contributed by atoms with Crippen molar-refractivity contribution in [1.82, 2.24) is 0 Å². The average Bonchev–Trinajstić information content (AvgIpc) is 2.90. The predicted octanol–water partition coefficient (Wildman–Crippen LogP) is 8.41. The van der Waals surface area contributed by atoms with Gasteiger partial charge in [-0.3, -0.25) is 0 Å². The second kappa shape index (κ2) is 26.0. The predicted molar refractivity (Wildman–Crippen MR) is 158 cm³/mol. The minimum atomic E-state index is -2.38. The van der Waals surface area contributed by atoms with Crippen molar-refractivity contribution in [3.05, 3.63) is 0 Å². The van der Waals surface area contributed by atoms with Crippen LogP contribution in [0, 0.1) is 0 Å². The van der Waals surface area contributed by atoms with Crippen LogP contribution >= 0.6 is 20.2 Å². The number of aliphatic hydroxyl groups is 1. The summed E-state index contributed by atoms with van der Waals surface area (Å²) in [6.45, 7) is 8.93. The summed E-state index contributed by atoms with van der Waals surface area (Å²) >= 11 is 2.06. The Labute approximate surface area is 233 Å². The molecular weight excluding hydrogens is 507 g/mol. The fourth-order valence-electron chi connectivity index (χ4n) is 4.24. The van der Waals surface area contributed by atoms with E-state index in [0.29, 0.717) is 18.3 Å². The number of thioether (sulfide) groups is 1. The number of carbonyl (C=O) groups excluding carboxylic acids is 1. The monoisotopic (exact) mass is 565 g/mol. The molecule has 0 saturated heterocycles. The van der Waals surface area contributed by atoms with Gasteiger partial charge in [-0.25, -0.2) is 4.79 Å². The van der Waals surface area contributed by atoms with Crippen LogP contribution in [0.2, 0.25) is 0 Å². The molecule has 0 aliphatic heterocycles. The van der Waals surface area contributed by atoms with Crippen LogP contribution in [-0.4, -0.2) is 53.5 Å². The van der Waals surface area contributed by atoms with E-state index < -0.39 is 20.0 Å². The maximum atomic E-state index is 11.8. The third kappa shape index (κ3) is 20.4. The highest BCUT2D eigenvalue weighted by Crippen LogP contribution is 2.26. The van der Waals surface area contributed by atoms with E-state index in [1.807, 2.05) is 0 Å². The minimum Gasteiger partial charge on any atom is -0.458 e. The fourth-order valence-corrected chi connectivity index (χ4v) is 5.91. The van der Waals surface area contributed by atoms with Gasteiger partial charge in [0.25, 0.3) is 0 Å². The molecule has 1 N–H and O–H groups in total. The van der Waals surface area contributed by atoms with Crippen molar-refractivity contribution in [2.45, 2.75) is 154 Å². The number of rotatable bonds is 28. The van der Waals surface area contributed by atoms with E-state index >= 15 is 0 Å². The Morgan fingerprint density at radius 3 is 1.89 bits per heavy atom. The topological polar surface area (TPSA) is 82.1 Å². The average molecular weight is 566 g/mol. The van der Waals surface area contributed by atoms with Gasteiger partial charge in [-0.15, -0.1) is 0 Å². The van der Waals surface area contributed by atoms with Gasteiger partial charge in [0, 0.05) is 11.9 Å². The summed E-state index contributed by atoms with van der Waals surface area (Å²) in [5.41, 5.74) is -2.38. The van der Waals surface area contributed by atoms with Crippen LogP contribution in [0.4, 0.5) is 0 Å². The minimum absolute atomic E-state index is 0.0745. The first-order valence-electron chi connectivity index (χ1n) is 15.1. The summed E-state index contributed by atoms with van der Waals surface area (Å²) in [6, 6.07) is 0. The molecule has 0 fully saturated rings. The van der Waals surface area contributed by atoms with Crippen molar-refractivity contribution < 1.29 is 28.7 Å². The van der Waals surface area contributed by atoms with Gasteiger partial charge in [0.05, 0.1) is 19.3 Å². The third-order valence-corrected chi connectivity index (χ3v) is 8.81.